The van der Waals surface area contributed by atoms with E-state index in [0.29, 0.717) is 0 Å². The molecule has 0 N–H and O–H groups in total. The minimum absolute atomic E-state index is 0.0566. The molecular formula is C8H8ClF2NO3S. The third-order valence-corrected chi connectivity index (χ3v) is 3.05. The highest BCUT2D eigenvalue weighted by atomic mass is 35.7. The fraction of sp³-hybridized carbons (Fsp3) is 0.375. The van der Waals surface area contributed by atoms with E-state index < -0.39 is 31.9 Å². The minimum Gasteiger partial charge on any atom is -0.481 e. The summed E-state index contributed by atoms with van der Waals surface area (Å²) in [5.41, 5.74) is -0.382. The molecule has 0 aliphatic rings. The lowest BCUT2D eigenvalue weighted by Crippen LogP contribution is -2.04. The van der Waals surface area contributed by atoms with Crippen molar-refractivity contribution in [3.8, 4) is 5.88 Å². The molecule has 1 rings (SSSR count). The Bertz CT molecular complexity index is 504. The zero-order chi connectivity index (χ0) is 12.5. The maximum Gasteiger partial charge on any atom is 0.278 e. The molecule has 4 nitrogen and oxygen atoms in total. The van der Waals surface area contributed by atoms with Gasteiger partial charge in [0.15, 0.2) is 5.03 Å². The molecule has 0 spiro atoms. The summed E-state index contributed by atoms with van der Waals surface area (Å²) in [5.74, 6) is -0.436. The molecule has 90 valence electrons. The highest BCUT2D eigenvalue weighted by Crippen LogP contribution is 2.32. The molecular weight excluding hydrogens is 264 g/mol. The number of pyridine rings is 1. The fourth-order valence-corrected chi connectivity index (χ4v) is 1.92. The maximum absolute atomic E-state index is 12.6. The van der Waals surface area contributed by atoms with Crippen LogP contribution >= 0.6 is 10.7 Å². The van der Waals surface area contributed by atoms with Gasteiger partial charge in [-0.05, 0) is 18.6 Å². The zero-order valence-corrected chi connectivity index (χ0v) is 9.94. The molecule has 0 radical (unpaired) electrons. The Balaban J connectivity index is 3.50. The molecule has 0 amide bonds. The average Bonchev–Trinajstić information content (AvgIpc) is 2.14. The van der Waals surface area contributed by atoms with Crippen LogP contribution < -0.4 is 4.74 Å². The molecule has 0 aliphatic carbocycles. The summed E-state index contributed by atoms with van der Waals surface area (Å²) in [6, 6.07) is 0.979. The Morgan fingerprint density at radius 3 is 2.44 bits per heavy atom. The van der Waals surface area contributed by atoms with Crippen LogP contribution in [0.15, 0.2) is 11.1 Å². The van der Waals surface area contributed by atoms with Gasteiger partial charge in [0, 0.05) is 10.7 Å². The van der Waals surface area contributed by atoms with E-state index in [-0.39, 0.29) is 5.56 Å². The van der Waals surface area contributed by atoms with Gasteiger partial charge in [0.1, 0.15) is 0 Å². The van der Waals surface area contributed by atoms with Crippen molar-refractivity contribution in [2.45, 2.75) is 18.4 Å². The molecule has 1 aromatic heterocycles. The van der Waals surface area contributed by atoms with Gasteiger partial charge in [-0.3, -0.25) is 0 Å². The van der Waals surface area contributed by atoms with Gasteiger partial charge in [-0.1, -0.05) is 0 Å². The summed E-state index contributed by atoms with van der Waals surface area (Å²) in [7, 11) is 2.12. The van der Waals surface area contributed by atoms with E-state index in [0.717, 1.165) is 13.2 Å². The Hall–Kier alpha value is -0.950. The van der Waals surface area contributed by atoms with Crippen molar-refractivity contribution in [2.75, 3.05) is 7.11 Å². The molecule has 0 unspecified atom stereocenters. The van der Waals surface area contributed by atoms with Crippen molar-refractivity contribution in [1.82, 2.24) is 4.98 Å². The van der Waals surface area contributed by atoms with E-state index in [1.165, 1.54) is 6.92 Å². The van der Waals surface area contributed by atoms with Crippen LogP contribution in [0, 0.1) is 6.92 Å². The fourth-order valence-electron chi connectivity index (χ4n) is 1.17. The normalized spacial score (nSPS) is 11.9. The molecule has 0 saturated carbocycles. The standard InChI is InChI=1S/C8H8ClF2NO3S/c1-4-3-5(16(9,13)14)12-8(15-2)6(4)7(10)11/h3,7H,1-2H3. The molecule has 0 saturated heterocycles. The van der Waals surface area contributed by atoms with Crippen LogP contribution in [0.1, 0.15) is 17.6 Å². The number of ether oxygens (including phenoxy) is 1. The predicted molar refractivity (Wildman–Crippen MR) is 53.5 cm³/mol. The van der Waals surface area contributed by atoms with Crippen molar-refractivity contribution in [3.63, 3.8) is 0 Å². The molecule has 1 aromatic rings. The molecule has 0 aliphatic heterocycles. The van der Waals surface area contributed by atoms with Crippen molar-refractivity contribution in [2.24, 2.45) is 0 Å². The van der Waals surface area contributed by atoms with E-state index in [9.17, 15) is 17.2 Å². The van der Waals surface area contributed by atoms with Gasteiger partial charge in [-0.2, -0.15) is 4.98 Å². The molecule has 0 atom stereocenters. The number of rotatable bonds is 3. The number of halogens is 3. The second-order valence-corrected chi connectivity index (χ2v) is 5.45. The SMILES string of the molecule is COc1nc(S(=O)(=O)Cl)cc(C)c1C(F)F. The first-order chi connectivity index (χ1) is 7.27. The summed E-state index contributed by atoms with van der Waals surface area (Å²) in [5, 5.41) is -0.507. The number of alkyl halides is 2. The van der Waals surface area contributed by atoms with E-state index in [4.69, 9.17) is 10.7 Å². The van der Waals surface area contributed by atoms with Gasteiger partial charge < -0.3 is 4.74 Å². The monoisotopic (exact) mass is 271 g/mol. The largest absolute Gasteiger partial charge is 0.481 e. The first kappa shape index (κ1) is 13.1. The molecule has 1 heterocycles. The number of nitrogens with zero attached hydrogens (tertiary/aromatic N) is 1. The van der Waals surface area contributed by atoms with Crippen LogP contribution in [0.25, 0.3) is 0 Å². The summed E-state index contributed by atoms with van der Waals surface area (Å²) in [6.07, 6.45) is -2.80. The van der Waals surface area contributed by atoms with Crippen LogP contribution in [-0.2, 0) is 9.05 Å². The number of hydrogen-bond donors (Lipinski definition) is 0. The second kappa shape index (κ2) is 4.50. The van der Waals surface area contributed by atoms with Crippen molar-refractivity contribution >= 4 is 19.7 Å². The van der Waals surface area contributed by atoms with E-state index >= 15 is 0 Å². The highest BCUT2D eigenvalue weighted by Gasteiger charge is 2.23. The third kappa shape index (κ3) is 2.59. The summed E-state index contributed by atoms with van der Waals surface area (Å²) in [6.45, 7) is 1.33. The van der Waals surface area contributed by atoms with E-state index in [1.807, 2.05) is 0 Å². The Kier molecular flexibility index (Phi) is 3.69. The number of hydrogen-bond acceptors (Lipinski definition) is 4. The molecule has 16 heavy (non-hydrogen) atoms. The van der Waals surface area contributed by atoms with Gasteiger partial charge >= 0.3 is 0 Å². The third-order valence-electron chi connectivity index (χ3n) is 1.87. The lowest BCUT2D eigenvalue weighted by atomic mass is 10.1. The summed E-state index contributed by atoms with van der Waals surface area (Å²) >= 11 is 0. The topological polar surface area (TPSA) is 56.3 Å². The van der Waals surface area contributed by atoms with Gasteiger partial charge in [0.05, 0.1) is 12.7 Å². The highest BCUT2D eigenvalue weighted by molar-refractivity contribution is 8.13. The van der Waals surface area contributed by atoms with Crippen LogP contribution in [0.2, 0.25) is 0 Å². The predicted octanol–water partition coefficient (Wildman–Crippen LogP) is 2.26. The summed E-state index contributed by atoms with van der Waals surface area (Å²) < 4.78 is 51.8. The second-order valence-electron chi connectivity index (χ2n) is 2.94. The molecule has 0 fully saturated rings. The Morgan fingerprint density at radius 1 is 1.50 bits per heavy atom. The quantitative estimate of drug-likeness (QED) is 0.792. The first-order valence-corrected chi connectivity index (χ1v) is 6.36. The average molecular weight is 272 g/mol. The van der Waals surface area contributed by atoms with E-state index in [1.54, 1.807) is 0 Å². The minimum atomic E-state index is -4.06. The van der Waals surface area contributed by atoms with Gasteiger partial charge in [-0.25, -0.2) is 17.2 Å². The molecule has 0 aromatic carbocycles. The maximum atomic E-state index is 12.6. The van der Waals surface area contributed by atoms with Crippen molar-refractivity contribution in [3.05, 3.63) is 17.2 Å². The van der Waals surface area contributed by atoms with Gasteiger partial charge in [0.2, 0.25) is 5.88 Å². The first-order valence-electron chi connectivity index (χ1n) is 4.05. The zero-order valence-electron chi connectivity index (χ0n) is 8.37. The number of aryl methyl sites for hydroxylation is 1. The van der Waals surface area contributed by atoms with Gasteiger partial charge in [0.25, 0.3) is 15.5 Å². The Morgan fingerprint density at radius 2 is 2.06 bits per heavy atom. The Labute approximate surface area is 95.6 Å². The number of methoxy groups -OCH3 is 1. The molecule has 8 heteroatoms. The van der Waals surface area contributed by atoms with Crippen LogP contribution in [0.3, 0.4) is 0 Å². The lowest BCUT2D eigenvalue weighted by Gasteiger charge is -2.10. The smallest absolute Gasteiger partial charge is 0.278 e. The van der Waals surface area contributed by atoms with Crippen LogP contribution in [-0.4, -0.2) is 20.5 Å². The van der Waals surface area contributed by atoms with Crippen molar-refractivity contribution < 1.29 is 21.9 Å². The van der Waals surface area contributed by atoms with Crippen LogP contribution in [0.5, 0.6) is 5.88 Å². The molecule has 0 bridgehead atoms. The van der Waals surface area contributed by atoms with Crippen molar-refractivity contribution in [1.29, 1.82) is 0 Å². The van der Waals surface area contributed by atoms with Crippen LogP contribution in [0.4, 0.5) is 8.78 Å². The lowest BCUT2D eigenvalue weighted by molar-refractivity contribution is 0.145. The van der Waals surface area contributed by atoms with Gasteiger partial charge in [-0.15, -0.1) is 0 Å². The number of aromatic nitrogens is 1. The summed E-state index contributed by atoms with van der Waals surface area (Å²) in [4.78, 5) is 3.42. The van der Waals surface area contributed by atoms with E-state index in [2.05, 4.69) is 9.72 Å².